The zero-order valence-corrected chi connectivity index (χ0v) is 24.4. The largest absolute Gasteiger partial charge is 0.0619 e. The Kier molecular flexibility index (Phi) is 5.05. The standard InChI is InChI=1S/C43H30/c1-43(2)41-14-8-7-13-37(41)38-22-20-31(25-42(38)43)29-15-16-30-24-32(18-17-28(30)23-29)39-26-40-33-10-4-3-9-27(33)19-21-36(40)34-11-5-6-12-35(34)39/h3-26H,1-2H3. The van der Waals surface area contributed by atoms with Crippen LogP contribution in [0.15, 0.2) is 146 Å². The molecule has 0 saturated carbocycles. The molecule has 0 heteroatoms. The quantitative estimate of drug-likeness (QED) is 0.189. The van der Waals surface area contributed by atoms with Crippen LogP contribution in [-0.2, 0) is 5.41 Å². The molecule has 8 aromatic rings. The zero-order chi connectivity index (χ0) is 28.7. The topological polar surface area (TPSA) is 0 Å². The Bertz CT molecular complexity index is 2420. The van der Waals surface area contributed by atoms with Gasteiger partial charge in [-0.25, -0.2) is 0 Å². The smallest absolute Gasteiger partial charge is 0.0159 e. The summed E-state index contributed by atoms with van der Waals surface area (Å²) in [5, 5.41) is 10.3. The van der Waals surface area contributed by atoms with Crippen molar-refractivity contribution in [2.75, 3.05) is 0 Å². The summed E-state index contributed by atoms with van der Waals surface area (Å²) in [7, 11) is 0. The molecule has 0 N–H and O–H groups in total. The minimum absolute atomic E-state index is 0.00163. The van der Waals surface area contributed by atoms with E-state index < -0.39 is 0 Å². The van der Waals surface area contributed by atoms with Gasteiger partial charge in [0.25, 0.3) is 0 Å². The van der Waals surface area contributed by atoms with Crippen LogP contribution in [-0.4, -0.2) is 0 Å². The van der Waals surface area contributed by atoms with Gasteiger partial charge in [-0.05, 0) is 112 Å². The van der Waals surface area contributed by atoms with Crippen LogP contribution in [0, 0.1) is 0 Å². The van der Waals surface area contributed by atoms with Crippen molar-refractivity contribution in [3.05, 3.63) is 157 Å². The number of hydrogen-bond acceptors (Lipinski definition) is 0. The second kappa shape index (κ2) is 8.90. The minimum Gasteiger partial charge on any atom is -0.0619 e. The summed E-state index contributed by atoms with van der Waals surface area (Å²) in [6.07, 6.45) is 0. The van der Waals surface area contributed by atoms with E-state index in [2.05, 4.69) is 159 Å². The lowest BCUT2D eigenvalue weighted by Crippen LogP contribution is -2.14. The van der Waals surface area contributed by atoms with Crippen molar-refractivity contribution in [1.82, 2.24) is 0 Å². The molecule has 0 saturated heterocycles. The van der Waals surface area contributed by atoms with Gasteiger partial charge in [0, 0.05) is 5.41 Å². The van der Waals surface area contributed by atoms with E-state index in [0.29, 0.717) is 0 Å². The second-order valence-corrected chi connectivity index (χ2v) is 12.6. The molecule has 0 aromatic heterocycles. The Labute approximate surface area is 251 Å². The van der Waals surface area contributed by atoms with Crippen molar-refractivity contribution in [2.45, 2.75) is 19.3 Å². The maximum atomic E-state index is 2.41. The number of hydrogen-bond donors (Lipinski definition) is 0. The van der Waals surface area contributed by atoms with Gasteiger partial charge in [-0.1, -0.05) is 135 Å². The fourth-order valence-electron chi connectivity index (χ4n) is 7.58. The lowest BCUT2D eigenvalue weighted by atomic mass is 9.81. The third kappa shape index (κ3) is 3.57. The highest BCUT2D eigenvalue weighted by atomic mass is 14.4. The minimum atomic E-state index is 0.00163. The van der Waals surface area contributed by atoms with Crippen molar-refractivity contribution in [1.29, 1.82) is 0 Å². The third-order valence-corrected chi connectivity index (χ3v) is 9.83. The van der Waals surface area contributed by atoms with E-state index in [-0.39, 0.29) is 5.41 Å². The highest BCUT2D eigenvalue weighted by molar-refractivity contribution is 6.21. The lowest BCUT2D eigenvalue weighted by Gasteiger charge is -2.22. The van der Waals surface area contributed by atoms with Crippen molar-refractivity contribution in [3.63, 3.8) is 0 Å². The van der Waals surface area contributed by atoms with Crippen molar-refractivity contribution >= 4 is 43.1 Å². The number of fused-ring (bicyclic) bond motifs is 9. The maximum absolute atomic E-state index is 2.41. The molecule has 0 radical (unpaired) electrons. The molecule has 43 heavy (non-hydrogen) atoms. The molecule has 0 aliphatic heterocycles. The molecule has 0 nitrogen and oxygen atoms in total. The summed E-state index contributed by atoms with van der Waals surface area (Å²) >= 11 is 0. The summed E-state index contributed by atoms with van der Waals surface area (Å²) in [5.74, 6) is 0. The number of rotatable bonds is 2. The van der Waals surface area contributed by atoms with Crippen LogP contribution in [0.1, 0.15) is 25.0 Å². The zero-order valence-electron chi connectivity index (χ0n) is 24.4. The molecule has 1 aliphatic rings. The molecule has 0 bridgehead atoms. The van der Waals surface area contributed by atoms with Crippen LogP contribution in [0.4, 0.5) is 0 Å². The first-order valence-electron chi connectivity index (χ1n) is 15.2. The molecule has 0 amide bonds. The van der Waals surface area contributed by atoms with Crippen LogP contribution in [0.3, 0.4) is 0 Å². The third-order valence-electron chi connectivity index (χ3n) is 9.83. The van der Waals surface area contributed by atoms with Crippen LogP contribution >= 0.6 is 0 Å². The summed E-state index contributed by atoms with van der Waals surface area (Å²) in [6.45, 7) is 4.70. The second-order valence-electron chi connectivity index (χ2n) is 12.6. The fourth-order valence-corrected chi connectivity index (χ4v) is 7.58. The van der Waals surface area contributed by atoms with Gasteiger partial charge in [-0.2, -0.15) is 0 Å². The average molecular weight is 547 g/mol. The predicted octanol–water partition coefficient (Wildman–Crippen LogP) is 11.9. The van der Waals surface area contributed by atoms with E-state index in [4.69, 9.17) is 0 Å². The predicted molar refractivity (Wildman–Crippen MR) is 185 cm³/mol. The SMILES string of the molecule is CC1(C)c2ccccc2-c2ccc(-c3ccc4cc(-c5cc6c7ccccc7ccc6c6ccccc56)ccc4c3)cc21. The summed E-state index contributed by atoms with van der Waals surface area (Å²) in [6, 6.07) is 54.2. The van der Waals surface area contributed by atoms with Crippen LogP contribution < -0.4 is 0 Å². The molecule has 0 heterocycles. The van der Waals surface area contributed by atoms with E-state index in [9.17, 15) is 0 Å². The van der Waals surface area contributed by atoms with Gasteiger partial charge in [-0.3, -0.25) is 0 Å². The van der Waals surface area contributed by atoms with Crippen LogP contribution in [0.25, 0.3) is 76.5 Å². The van der Waals surface area contributed by atoms with E-state index in [0.717, 1.165) is 0 Å². The monoisotopic (exact) mass is 546 g/mol. The Morgan fingerprint density at radius 2 is 0.907 bits per heavy atom. The van der Waals surface area contributed by atoms with Gasteiger partial charge >= 0.3 is 0 Å². The molecule has 0 spiro atoms. The molecule has 0 atom stereocenters. The van der Waals surface area contributed by atoms with Gasteiger partial charge in [0.15, 0.2) is 0 Å². The highest BCUT2D eigenvalue weighted by Gasteiger charge is 2.35. The Morgan fingerprint density at radius 3 is 1.77 bits per heavy atom. The van der Waals surface area contributed by atoms with Crippen LogP contribution in [0.2, 0.25) is 0 Å². The molecule has 0 fully saturated rings. The first-order chi connectivity index (χ1) is 21.1. The van der Waals surface area contributed by atoms with E-state index in [1.165, 1.54) is 87.6 Å². The van der Waals surface area contributed by atoms with E-state index >= 15 is 0 Å². The van der Waals surface area contributed by atoms with Crippen molar-refractivity contribution in [3.8, 4) is 33.4 Å². The molecular formula is C43H30. The summed E-state index contributed by atoms with van der Waals surface area (Å²) in [4.78, 5) is 0. The van der Waals surface area contributed by atoms with E-state index in [1.54, 1.807) is 0 Å². The van der Waals surface area contributed by atoms with E-state index in [1.807, 2.05) is 0 Å². The van der Waals surface area contributed by atoms with Gasteiger partial charge in [0.2, 0.25) is 0 Å². The first-order valence-corrected chi connectivity index (χ1v) is 15.2. The van der Waals surface area contributed by atoms with Crippen molar-refractivity contribution in [2.24, 2.45) is 0 Å². The summed E-state index contributed by atoms with van der Waals surface area (Å²) < 4.78 is 0. The van der Waals surface area contributed by atoms with Gasteiger partial charge in [0.05, 0.1) is 0 Å². The highest BCUT2D eigenvalue weighted by Crippen LogP contribution is 2.49. The normalized spacial score (nSPS) is 13.5. The van der Waals surface area contributed by atoms with Gasteiger partial charge in [0.1, 0.15) is 0 Å². The van der Waals surface area contributed by atoms with Gasteiger partial charge in [-0.15, -0.1) is 0 Å². The molecule has 8 aromatic carbocycles. The molecular weight excluding hydrogens is 516 g/mol. The van der Waals surface area contributed by atoms with Crippen molar-refractivity contribution < 1.29 is 0 Å². The Morgan fingerprint density at radius 1 is 0.326 bits per heavy atom. The fraction of sp³-hybridized carbons (Fsp3) is 0.0698. The number of benzene rings is 8. The first kappa shape index (κ1) is 24.4. The Hall–Kier alpha value is -5.20. The summed E-state index contributed by atoms with van der Waals surface area (Å²) in [5.41, 5.74) is 10.6. The van der Waals surface area contributed by atoms with Crippen LogP contribution in [0.5, 0.6) is 0 Å². The maximum Gasteiger partial charge on any atom is 0.0159 e. The molecule has 1 aliphatic carbocycles. The molecule has 9 rings (SSSR count). The van der Waals surface area contributed by atoms with Gasteiger partial charge < -0.3 is 0 Å². The average Bonchev–Trinajstić information content (AvgIpc) is 3.29. The molecule has 202 valence electrons. The Balaban J connectivity index is 1.17. The molecule has 0 unspecified atom stereocenters. The lowest BCUT2D eigenvalue weighted by molar-refractivity contribution is 0.660.